The second-order valence-corrected chi connectivity index (χ2v) is 3.53. The average molecular weight is 248 g/mol. The zero-order valence-corrected chi connectivity index (χ0v) is 10.7. The SMILES string of the molecule is CCNC(=S)N(CC)N(C(C)=O)C(N)=S. The zero-order valence-electron chi connectivity index (χ0n) is 9.11. The van der Waals surface area contributed by atoms with Crippen LogP contribution in [0.25, 0.3) is 0 Å². The molecule has 0 heterocycles. The third-order valence-electron chi connectivity index (χ3n) is 1.61. The van der Waals surface area contributed by atoms with Crippen LogP contribution in [0.5, 0.6) is 0 Å². The maximum Gasteiger partial charge on any atom is 0.244 e. The summed E-state index contributed by atoms with van der Waals surface area (Å²) in [6, 6.07) is 0. The number of carbonyl (C=O) groups is 1. The van der Waals surface area contributed by atoms with Gasteiger partial charge in [0.1, 0.15) is 0 Å². The molecule has 5 nitrogen and oxygen atoms in total. The van der Waals surface area contributed by atoms with E-state index in [0.717, 1.165) is 0 Å². The van der Waals surface area contributed by atoms with Crippen LogP contribution < -0.4 is 11.1 Å². The fourth-order valence-electron chi connectivity index (χ4n) is 1.06. The summed E-state index contributed by atoms with van der Waals surface area (Å²) >= 11 is 9.89. The molecule has 0 aliphatic carbocycles. The first-order valence-corrected chi connectivity index (χ1v) is 5.42. The molecule has 0 spiro atoms. The Morgan fingerprint density at radius 2 is 1.93 bits per heavy atom. The highest BCUT2D eigenvalue weighted by atomic mass is 32.1. The van der Waals surface area contributed by atoms with E-state index in [1.807, 2.05) is 13.8 Å². The van der Waals surface area contributed by atoms with Gasteiger partial charge in [-0.05, 0) is 38.3 Å². The van der Waals surface area contributed by atoms with Gasteiger partial charge in [0.25, 0.3) is 0 Å². The third kappa shape index (κ3) is 3.96. The number of hydrogen-bond donors (Lipinski definition) is 2. The fraction of sp³-hybridized carbons (Fsp3) is 0.625. The molecule has 0 aliphatic heterocycles. The van der Waals surface area contributed by atoms with Crippen LogP contribution in [0.2, 0.25) is 0 Å². The van der Waals surface area contributed by atoms with Crippen molar-refractivity contribution >= 4 is 40.6 Å². The van der Waals surface area contributed by atoms with Gasteiger partial charge in [0, 0.05) is 20.0 Å². The summed E-state index contributed by atoms with van der Waals surface area (Å²) in [6.45, 7) is 6.36. The quantitative estimate of drug-likeness (QED) is 0.538. The van der Waals surface area contributed by atoms with E-state index in [2.05, 4.69) is 5.32 Å². The first kappa shape index (κ1) is 14.1. The van der Waals surface area contributed by atoms with Crippen molar-refractivity contribution in [2.24, 2.45) is 5.73 Å². The molecule has 0 fully saturated rings. The lowest BCUT2D eigenvalue weighted by atomic mass is 10.6. The van der Waals surface area contributed by atoms with Crippen molar-refractivity contribution in [3.63, 3.8) is 0 Å². The number of rotatable bonds is 2. The molecule has 0 aromatic heterocycles. The second-order valence-electron chi connectivity index (χ2n) is 2.72. The molecule has 0 saturated heterocycles. The Balaban J connectivity index is 4.82. The first-order chi connectivity index (χ1) is 6.95. The van der Waals surface area contributed by atoms with Crippen molar-refractivity contribution in [1.82, 2.24) is 15.3 Å². The predicted molar refractivity (Wildman–Crippen MR) is 68.0 cm³/mol. The highest BCUT2D eigenvalue weighted by molar-refractivity contribution is 7.80. The molecule has 0 aromatic rings. The van der Waals surface area contributed by atoms with Gasteiger partial charge in [0.05, 0.1) is 0 Å². The molecule has 86 valence electrons. The van der Waals surface area contributed by atoms with E-state index in [-0.39, 0.29) is 11.0 Å². The normalized spacial score (nSPS) is 9.27. The summed E-state index contributed by atoms with van der Waals surface area (Å²) in [6.07, 6.45) is 0. The summed E-state index contributed by atoms with van der Waals surface area (Å²) in [4.78, 5) is 11.3. The topological polar surface area (TPSA) is 61.6 Å². The molecular weight excluding hydrogens is 232 g/mol. The number of nitrogens with one attached hydrogen (secondary N) is 1. The van der Waals surface area contributed by atoms with Crippen LogP contribution in [-0.2, 0) is 4.79 Å². The van der Waals surface area contributed by atoms with Gasteiger partial charge in [-0.1, -0.05) is 0 Å². The number of hydrogen-bond acceptors (Lipinski definition) is 3. The van der Waals surface area contributed by atoms with Crippen molar-refractivity contribution in [2.45, 2.75) is 20.8 Å². The lowest BCUT2D eigenvalue weighted by Crippen LogP contribution is -2.56. The minimum Gasteiger partial charge on any atom is -0.374 e. The summed E-state index contributed by atoms with van der Waals surface area (Å²) < 4.78 is 0. The Kier molecular flexibility index (Phi) is 6.11. The van der Waals surface area contributed by atoms with E-state index in [1.165, 1.54) is 16.9 Å². The van der Waals surface area contributed by atoms with E-state index in [9.17, 15) is 4.79 Å². The highest BCUT2D eigenvalue weighted by Gasteiger charge is 2.21. The van der Waals surface area contributed by atoms with Crippen LogP contribution in [0.1, 0.15) is 20.8 Å². The standard InChI is InChI=1S/C8H16N4OS2/c1-4-10-8(15)11(5-2)12(6(3)13)7(9)14/h4-5H2,1-3H3,(H2,9,14)(H,10,15). The highest BCUT2D eigenvalue weighted by Crippen LogP contribution is 2.00. The van der Waals surface area contributed by atoms with Gasteiger partial charge in [0.2, 0.25) is 5.91 Å². The number of hydrazine groups is 1. The zero-order chi connectivity index (χ0) is 12.0. The number of carbonyl (C=O) groups excluding carboxylic acids is 1. The molecule has 0 atom stereocenters. The number of nitrogens with zero attached hydrogens (tertiary/aromatic N) is 2. The molecule has 1 amide bonds. The Hall–Kier alpha value is -0.950. The van der Waals surface area contributed by atoms with Crippen molar-refractivity contribution in [3.05, 3.63) is 0 Å². The second kappa shape index (κ2) is 6.52. The predicted octanol–water partition coefficient (Wildman–Crippen LogP) is 0.210. The minimum atomic E-state index is -0.260. The summed E-state index contributed by atoms with van der Waals surface area (Å²) in [5.74, 6) is -0.260. The molecule has 0 saturated carbocycles. The molecule has 0 rings (SSSR count). The van der Waals surface area contributed by atoms with Crippen LogP contribution in [0.15, 0.2) is 0 Å². The lowest BCUT2D eigenvalue weighted by Gasteiger charge is -2.33. The van der Waals surface area contributed by atoms with Gasteiger partial charge in [-0.15, -0.1) is 0 Å². The maximum absolute atomic E-state index is 11.3. The molecule has 0 unspecified atom stereocenters. The maximum atomic E-state index is 11.3. The molecular formula is C8H16N4OS2. The number of thiocarbonyl (C=S) groups is 2. The van der Waals surface area contributed by atoms with Crippen molar-refractivity contribution < 1.29 is 4.79 Å². The molecule has 0 radical (unpaired) electrons. The van der Waals surface area contributed by atoms with Crippen molar-refractivity contribution in [2.75, 3.05) is 13.1 Å². The van der Waals surface area contributed by atoms with Gasteiger partial charge in [0.15, 0.2) is 10.2 Å². The van der Waals surface area contributed by atoms with Crippen molar-refractivity contribution in [3.8, 4) is 0 Å². The number of amides is 1. The van der Waals surface area contributed by atoms with E-state index >= 15 is 0 Å². The van der Waals surface area contributed by atoms with Gasteiger partial charge < -0.3 is 11.1 Å². The fourth-order valence-corrected chi connectivity index (χ4v) is 1.64. The monoisotopic (exact) mass is 248 g/mol. The average Bonchev–Trinajstić information content (AvgIpc) is 2.12. The van der Waals surface area contributed by atoms with E-state index in [0.29, 0.717) is 18.2 Å². The van der Waals surface area contributed by atoms with Gasteiger partial charge in [-0.25, -0.2) is 0 Å². The Morgan fingerprint density at radius 1 is 1.40 bits per heavy atom. The van der Waals surface area contributed by atoms with Crippen molar-refractivity contribution in [1.29, 1.82) is 0 Å². The molecule has 0 aromatic carbocycles. The summed E-state index contributed by atoms with van der Waals surface area (Å²) in [5.41, 5.74) is 5.46. The Bertz CT molecular complexity index is 255. The number of nitrogens with two attached hydrogens (primary N) is 1. The van der Waals surface area contributed by atoms with Gasteiger partial charge >= 0.3 is 0 Å². The van der Waals surface area contributed by atoms with Crippen LogP contribution in [0.4, 0.5) is 0 Å². The molecule has 3 N–H and O–H groups in total. The van der Waals surface area contributed by atoms with Gasteiger partial charge in [-0.2, -0.15) is 5.01 Å². The summed E-state index contributed by atoms with van der Waals surface area (Å²) in [7, 11) is 0. The first-order valence-electron chi connectivity index (χ1n) is 4.61. The van der Waals surface area contributed by atoms with Gasteiger partial charge in [-0.3, -0.25) is 9.80 Å². The minimum absolute atomic E-state index is 0.00963. The molecule has 0 bridgehead atoms. The van der Waals surface area contributed by atoms with Crippen LogP contribution in [0.3, 0.4) is 0 Å². The Morgan fingerprint density at radius 3 is 2.20 bits per heavy atom. The van der Waals surface area contributed by atoms with E-state index in [4.69, 9.17) is 30.2 Å². The van der Waals surface area contributed by atoms with Crippen LogP contribution in [-0.4, -0.2) is 39.2 Å². The largest absolute Gasteiger partial charge is 0.374 e. The molecule has 7 heteroatoms. The molecule has 15 heavy (non-hydrogen) atoms. The van der Waals surface area contributed by atoms with E-state index < -0.39 is 0 Å². The van der Waals surface area contributed by atoms with E-state index in [1.54, 1.807) is 0 Å². The lowest BCUT2D eigenvalue weighted by molar-refractivity contribution is -0.132. The summed E-state index contributed by atoms with van der Waals surface area (Å²) in [5, 5.41) is 6.07. The van der Waals surface area contributed by atoms with Crippen LogP contribution >= 0.6 is 24.4 Å². The third-order valence-corrected chi connectivity index (χ3v) is 2.14. The smallest absolute Gasteiger partial charge is 0.244 e. The molecule has 0 aliphatic rings. The Labute approximate surface area is 101 Å². The van der Waals surface area contributed by atoms with Crippen LogP contribution in [0, 0.1) is 0 Å².